The lowest BCUT2D eigenvalue weighted by atomic mass is 10.2. The van der Waals surface area contributed by atoms with Crippen LogP contribution in [0.4, 0.5) is 5.69 Å². The summed E-state index contributed by atoms with van der Waals surface area (Å²) in [5.41, 5.74) is 1.38. The lowest BCUT2D eigenvalue weighted by Crippen LogP contribution is -2.45. The number of aryl methyl sites for hydroxylation is 1. The van der Waals surface area contributed by atoms with E-state index in [0.717, 1.165) is 16.1 Å². The molecule has 1 aromatic carbocycles. The van der Waals surface area contributed by atoms with Crippen LogP contribution in [-0.2, 0) is 24.7 Å². The van der Waals surface area contributed by atoms with Crippen molar-refractivity contribution in [2.24, 2.45) is 0 Å². The maximum absolute atomic E-state index is 12.5. The number of benzene rings is 1. The SMILES string of the molecule is Cc1ccc(N(CC(=O)N(C)C2CCS(=O)(=O)C2)S(C)(=O)=O)cc1. The third kappa shape index (κ3) is 4.47. The Morgan fingerprint density at radius 3 is 2.29 bits per heavy atom. The normalized spacial score (nSPS) is 19.9. The van der Waals surface area contributed by atoms with E-state index in [9.17, 15) is 21.6 Å². The summed E-state index contributed by atoms with van der Waals surface area (Å²) in [6, 6.07) is 6.42. The molecule has 0 radical (unpaired) electrons. The molecule has 1 unspecified atom stereocenters. The number of nitrogens with zero attached hydrogens (tertiary/aromatic N) is 2. The molecule has 7 nitrogen and oxygen atoms in total. The van der Waals surface area contributed by atoms with Crippen LogP contribution < -0.4 is 4.31 Å². The predicted octanol–water partition coefficient (Wildman–Crippen LogP) is 0.407. The fourth-order valence-electron chi connectivity index (χ4n) is 2.63. The maximum atomic E-state index is 12.5. The molecule has 1 saturated heterocycles. The van der Waals surface area contributed by atoms with Gasteiger partial charge in [0.15, 0.2) is 9.84 Å². The van der Waals surface area contributed by atoms with Gasteiger partial charge >= 0.3 is 0 Å². The molecule has 24 heavy (non-hydrogen) atoms. The Labute approximate surface area is 143 Å². The summed E-state index contributed by atoms with van der Waals surface area (Å²) in [5.74, 6) is -0.440. The van der Waals surface area contributed by atoms with Crippen molar-refractivity contribution in [1.82, 2.24) is 4.90 Å². The van der Waals surface area contributed by atoms with Crippen molar-refractivity contribution in [1.29, 1.82) is 0 Å². The highest BCUT2D eigenvalue weighted by Gasteiger charge is 2.34. The van der Waals surface area contributed by atoms with E-state index in [1.807, 2.05) is 6.92 Å². The zero-order chi connectivity index (χ0) is 18.1. The first-order valence-corrected chi connectivity index (χ1v) is 11.2. The van der Waals surface area contributed by atoms with Gasteiger partial charge in [0, 0.05) is 13.1 Å². The Kier molecular flexibility index (Phi) is 5.24. The molecule has 1 aliphatic heterocycles. The monoisotopic (exact) mass is 374 g/mol. The summed E-state index contributed by atoms with van der Waals surface area (Å²) < 4.78 is 48.3. The lowest BCUT2D eigenvalue weighted by molar-refractivity contribution is -0.129. The Hall–Kier alpha value is -1.61. The van der Waals surface area contributed by atoms with Crippen molar-refractivity contribution < 1.29 is 21.6 Å². The van der Waals surface area contributed by atoms with Gasteiger partial charge in [0.2, 0.25) is 15.9 Å². The van der Waals surface area contributed by atoms with Crippen LogP contribution >= 0.6 is 0 Å². The minimum absolute atomic E-state index is 0.0586. The lowest BCUT2D eigenvalue weighted by Gasteiger charge is -2.28. The molecule has 134 valence electrons. The van der Waals surface area contributed by atoms with Gasteiger partial charge in [0.1, 0.15) is 6.54 Å². The number of rotatable bonds is 5. The van der Waals surface area contributed by atoms with Crippen molar-refractivity contribution in [3.63, 3.8) is 0 Å². The molecule has 0 aliphatic carbocycles. The van der Waals surface area contributed by atoms with Gasteiger partial charge in [-0.2, -0.15) is 0 Å². The van der Waals surface area contributed by atoms with E-state index in [-0.39, 0.29) is 18.1 Å². The van der Waals surface area contributed by atoms with Crippen LogP contribution in [0.15, 0.2) is 24.3 Å². The maximum Gasteiger partial charge on any atom is 0.243 e. The number of likely N-dealkylation sites (N-methyl/N-ethyl adjacent to an activating group) is 1. The second-order valence-corrected chi connectivity index (χ2v) is 10.3. The van der Waals surface area contributed by atoms with Crippen LogP contribution in [0, 0.1) is 6.92 Å². The number of amides is 1. The van der Waals surface area contributed by atoms with Crippen LogP contribution in [-0.4, -0.2) is 65.0 Å². The van der Waals surface area contributed by atoms with Crippen LogP contribution in [0.25, 0.3) is 0 Å². The van der Waals surface area contributed by atoms with E-state index in [1.165, 1.54) is 11.9 Å². The molecular formula is C15H22N2O5S2. The smallest absolute Gasteiger partial charge is 0.243 e. The Balaban J connectivity index is 2.18. The van der Waals surface area contributed by atoms with Gasteiger partial charge in [-0.15, -0.1) is 0 Å². The number of carbonyl (C=O) groups is 1. The van der Waals surface area contributed by atoms with Crippen LogP contribution in [0.3, 0.4) is 0 Å². The van der Waals surface area contributed by atoms with E-state index in [0.29, 0.717) is 12.1 Å². The first kappa shape index (κ1) is 18.7. The fourth-order valence-corrected chi connectivity index (χ4v) is 5.25. The highest BCUT2D eigenvalue weighted by Crippen LogP contribution is 2.20. The van der Waals surface area contributed by atoms with Crippen molar-refractivity contribution in [3.8, 4) is 0 Å². The molecular weight excluding hydrogens is 352 g/mol. The summed E-state index contributed by atoms with van der Waals surface area (Å²) in [7, 11) is -5.23. The van der Waals surface area contributed by atoms with Gasteiger partial charge in [-0.05, 0) is 25.5 Å². The largest absolute Gasteiger partial charge is 0.340 e. The number of hydrogen-bond donors (Lipinski definition) is 0. The summed E-state index contributed by atoms with van der Waals surface area (Å²) >= 11 is 0. The molecule has 9 heteroatoms. The molecule has 0 N–H and O–H groups in total. The molecule has 0 spiro atoms. The molecule has 0 saturated carbocycles. The van der Waals surface area contributed by atoms with Gasteiger partial charge in [-0.3, -0.25) is 9.10 Å². The fraction of sp³-hybridized carbons (Fsp3) is 0.533. The van der Waals surface area contributed by atoms with E-state index in [2.05, 4.69) is 0 Å². The molecule has 2 rings (SSSR count). The zero-order valence-corrected chi connectivity index (χ0v) is 15.6. The molecule has 0 aromatic heterocycles. The second kappa shape index (κ2) is 6.72. The molecule has 1 amide bonds. The van der Waals surface area contributed by atoms with Crippen molar-refractivity contribution in [3.05, 3.63) is 29.8 Å². The van der Waals surface area contributed by atoms with Crippen LogP contribution in [0.2, 0.25) is 0 Å². The average molecular weight is 374 g/mol. The van der Waals surface area contributed by atoms with Crippen LogP contribution in [0.5, 0.6) is 0 Å². The minimum atomic E-state index is -3.64. The standard InChI is InChI=1S/C15H22N2O5S2/c1-12-4-6-13(7-5-12)17(23(3,19)20)10-15(18)16(2)14-8-9-24(21,22)11-14/h4-7,14H,8-11H2,1-3H3. The van der Waals surface area contributed by atoms with Gasteiger partial charge in [0.05, 0.1) is 23.4 Å². The van der Waals surface area contributed by atoms with Gasteiger partial charge < -0.3 is 4.90 Å². The van der Waals surface area contributed by atoms with Gasteiger partial charge in [-0.1, -0.05) is 17.7 Å². The number of carbonyl (C=O) groups excluding carboxylic acids is 1. The number of sulfone groups is 1. The molecule has 1 heterocycles. The first-order valence-electron chi connectivity index (χ1n) is 7.50. The predicted molar refractivity (Wildman–Crippen MR) is 93.2 cm³/mol. The Morgan fingerprint density at radius 2 is 1.83 bits per heavy atom. The minimum Gasteiger partial charge on any atom is -0.340 e. The van der Waals surface area contributed by atoms with Crippen LogP contribution in [0.1, 0.15) is 12.0 Å². The first-order chi connectivity index (χ1) is 11.0. The molecule has 1 aliphatic rings. The Bertz CT molecular complexity index is 816. The number of hydrogen-bond acceptors (Lipinski definition) is 5. The van der Waals surface area contributed by atoms with E-state index in [1.54, 1.807) is 24.3 Å². The van der Waals surface area contributed by atoms with E-state index >= 15 is 0 Å². The molecule has 1 atom stereocenters. The van der Waals surface area contributed by atoms with Gasteiger partial charge in [0.25, 0.3) is 0 Å². The molecule has 1 fully saturated rings. The van der Waals surface area contributed by atoms with Crippen molar-refractivity contribution >= 4 is 31.5 Å². The van der Waals surface area contributed by atoms with Crippen molar-refractivity contribution in [2.45, 2.75) is 19.4 Å². The number of sulfonamides is 1. The van der Waals surface area contributed by atoms with Gasteiger partial charge in [-0.25, -0.2) is 16.8 Å². The van der Waals surface area contributed by atoms with E-state index in [4.69, 9.17) is 0 Å². The highest BCUT2D eigenvalue weighted by molar-refractivity contribution is 7.92. The Morgan fingerprint density at radius 1 is 1.25 bits per heavy atom. The second-order valence-electron chi connectivity index (χ2n) is 6.17. The van der Waals surface area contributed by atoms with Crippen molar-refractivity contribution in [2.75, 3.05) is 35.7 Å². The summed E-state index contributed by atoms with van der Waals surface area (Å²) in [4.78, 5) is 13.8. The quantitative estimate of drug-likeness (QED) is 0.744. The summed E-state index contributed by atoms with van der Waals surface area (Å²) in [6.45, 7) is 1.53. The molecule has 0 bridgehead atoms. The summed E-state index contributed by atoms with van der Waals surface area (Å²) in [6.07, 6.45) is 1.42. The average Bonchev–Trinajstić information content (AvgIpc) is 2.84. The zero-order valence-electron chi connectivity index (χ0n) is 14.0. The third-order valence-electron chi connectivity index (χ3n) is 4.15. The van der Waals surface area contributed by atoms with E-state index < -0.39 is 31.8 Å². The third-order valence-corrected chi connectivity index (χ3v) is 7.04. The number of anilines is 1. The topological polar surface area (TPSA) is 91.8 Å². The summed E-state index contributed by atoms with van der Waals surface area (Å²) in [5, 5.41) is 0. The highest BCUT2D eigenvalue weighted by atomic mass is 32.2. The molecule has 1 aromatic rings.